The van der Waals surface area contributed by atoms with Gasteiger partial charge in [-0.1, -0.05) is 12.1 Å². The Morgan fingerprint density at radius 3 is 3.20 bits per heavy atom. The van der Waals surface area contributed by atoms with Gasteiger partial charge in [-0.25, -0.2) is 0 Å². The van der Waals surface area contributed by atoms with Gasteiger partial charge < -0.3 is 10.1 Å². The van der Waals surface area contributed by atoms with Gasteiger partial charge in [0, 0.05) is 18.7 Å². The van der Waals surface area contributed by atoms with E-state index < -0.39 is 0 Å². The number of anilines is 1. The lowest BCUT2D eigenvalue weighted by atomic mass is 10.0. The molecular weight excluding hydrogens is 190 g/mol. The Hall–Kier alpha value is -1.51. The van der Waals surface area contributed by atoms with Crippen LogP contribution in [-0.2, 0) is 22.4 Å². The molecule has 1 aromatic carbocycles. The zero-order valence-corrected chi connectivity index (χ0v) is 8.88. The number of hydrogen-bond donors (Lipinski definition) is 1. The number of aryl methyl sites for hydroxylation is 1. The van der Waals surface area contributed by atoms with Gasteiger partial charge in [-0.3, -0.25) is 4.79 Å². The van der Waals surface area contributed by atoms with Crippen LogP contribution >= 0.6 is 0 Å². The monoisotopic (exact) mass is 205 g/mol. The highest BCUT2D eigenvalue weighted by atomic mass is 16.5. The van der Waals surface area contributed by atoms with E-state index in [9.17, 15) is 4.79 Å². The van der Waals surface area contributed by atoms with Gasteiger partial charge in [-0.15, -0.1) is 0 Å². The molecule has 15 heavy (non-hydrogen) atoms. The molecule has 0 spiro atoms. The van der Waals surface area contributed by atoms with Crippen LogP contribution in [0.3, 0.4) is 0 Å². The molecule has 2 rings (SSSR count). The average Bonchev–Trinajstić information content (AvgIpc) is 2.72. The van der Waals surface area contributed by atoms with Crippen molar-refractivity contribution >= 4 is 11.7 Å². The fourth-order valence-electron chi connectivity index (χ4n) is 1.86. The van der Waals surface area contributed by atoms with E-state index in [-0.39, 0.29) is 5.97 Å². The maximum atomic E-state index is 11.0. The van der Waals surface area contributed by atoms with Crippen LogP contribution in [-0.4, -0.2) is 19.6 Å². The van der Waals surface area contributed by atoms with Crippen molar-refractivity contribution in [1.29, 1.82) is 0 Å². The van der Waals surface area contributed by atoms with Gasteiger partial charge in [0.2, 0.25) is 0 Å². The summed E-state index contributed by atoms with van der Waals surface area (Å²) in [6.45, 7) is 1.02. The highest BCUT2D eigenvalue weighted by Crippen LogP contribution is 2.23. The first kappa shape index (κ1) is 10.0. The Bertz CT molecular complexity index is 374. The number of carbonyl (C=O) groups excluding carboxylic acids is 1. The van der Waals surface area contributed by atoms with Gasteiger partial charge in [-0.2, -0.15) is 0 Å². The van der Waals surface area contributed by atoms with E-state index in [1.807, 2.05) is 0 Å². The maximum Gasteiger partial charge on any atom is 0.305 e. The van der Waals surface area contributed by atoms with Crippen LogP contribution in [0.25, 0.3) is 0 Å². The molecule has 0 amide bonds. The second-order valence-corrected chi connectivity index (χ2v) is 3.74. The molecule has 1 aliphatic rings. The zero-order chi connectivity index (χ0) is 10.7. The first-order valence-electron chi connectivity index (χ1n) is 5.22. The highest BCUT2D eigenvalue weighted by molar-refractivity contribution is 5.69. The molecule has 0 bridgehead atoms. The fraction of sp³-hybridized carbons (Fsp3) is 0.417. The molecule has 0 aliphatic carbocycles. The molecule has 0 saturated heterocycles. The fourth-order valence-corrected chi connectivity index (χ4v) is 1.86. The minimum Gasteiger partial charge on any atom is -0.469 e. The maximum absolute atomic E-state index is 11.0. The number of fused-ring (bicyclic) bond motifs is 1. The minimum atomic E-state index is -0.145. The lowest BCUT2D eigenvalue weighted by Gasteiger charge is -2.04. The third-order valence-corrected chi connectivity index (χ3v) is 2.72. The van der Waals surface area contributed by atoms with Crippen LogP contribution in [0.2, 0.25) is 0 Å². The number of rotatable bonds is 3. The second-order valence-electron chi connectivity index (χ2n) is 3.74. The predicted octanol–water partition coefficient (Wildman–Crippen LogP) is 1.76. The SMILES string of the molecule is COC(=O)CCc1ccc2c(c1)CCN2. The summed E-state index contributed by atoms with van der Waals surface area (Å²) in [6.07, 6.45) is 2.31. The number of esters is 1. The quantitative estimate of drug-likeness (QED) is 0.764. The summed E-state index contributed by atoms with van der Waals surface area (Å²) in [7, 11) is 1.43. The Kier molecular flexibility index (Phi) is 2.90. The van der Waals surface area contributed by atoms with E-state index in [1.54, 1.807) is 0 Å². The molecule has 1 heterocycles. The van der Waals surface area contributed by atoms with E-state index in [4.69, 9.17) is 0 Å². The highest BCUT2D eigenvalue weighted by Gasteiger charge is 2.10. The average molecular weight is 205 g/mol. The van der Waals surface area contributed by atoms with Crippen LogP contribution in [0.5, 0.6) is 0 Å². The molecule has 1 N–H and O–H groups in total. The number of ether oxygens (including phenoxy) is 1. The number of benzene rings is 1. The van der Waals surface area contributed by atoms with E-state index >= 15 is 0 Å². The summed E-state index contributed by atoms with van der Waals surface area (Å²) in [5, 5.41) is 3.31. The lowest BCUT2D eigenvalue weighted by molar-refractivity contribution is -0.140. The third kappa shape index (κ3) is 2.29. The molecule has 1 aromatic rings. The normalized spacial score (nSPS) is 13.1. The number of nitrogens with one attached hydrogen (secondary N) is 1. The summed E-state index contributed by atoms with van der Waals surface area (Å²) in [4.78, 5) is 11.0. The molecule has 3 nitrogen and oxygen atoms in total. The van der Waals surface area contributed by atoms with Crippen molar-refractivity contribution in [2.75, 3.05) is 19.0 Å². The molecule has 0 saturated carbocycles. The van der Waals surface area contributed by atoms with Crippen molar-refractivity contribution in [3.8, 4) is 0 Å². The number of hydrogen-bond acceptors (Lipinski definition) is 3. The van der Waals surface area contributed by atoms with Gasteiger partial charge in [0.05, 0.1) is 7.11 Å². The summed E-state index contributed by atoms with van der Waals surface area (Å²) < 4.78 is 4.61. The lowest BCUT2D eigenvalue weighted by Crippen LogP contribution is -2.02. The van der Waals surface area contributed by atoms with Gasteiger partial charge in [-0.05, 0) is 30.0 Å². The molecule has 80 valence electrons. The first-order valence-corrected chi connectivity index (χ1v) is 5.22. The van der Waals surface area contributed by atoms with Crippen molar-refractivity contribution in [3.63, 3.8) is 0 Å². The third-order valence-electron chi connectivity index (χ3n) is 2.72. The van der Waals surface area contributed by atoms with Crippen molar-refractivity contribution < 1.29 is 9.53 Å². The smallest absolute Gasteiger partial charge is 0.305 e. The van der Waals surface area contributed by atoms with Crippen LogP contribution < -0.4 is 5.32 Å². The molecule has 0 aromatic heterocycles. The van der Waals surface area contributed by atoms with Gasteiger partial charge in [0.1, 0.15) is 0 Å². The second kappa shape index (κ2) is 4.34. The number of methoxy groups -OCH3 is 1. The van der Waals surface area contributed by atoms with E-state index in [1.165, 1.54) is 23.9 Å². The van der Waals surface area contributed by atoms with Crippen molar-refractivity contribution in [2.45, 2.75) is 19.3 Å². The summed E-state index contributed by atoms with van der Waals surface area (Å²) >= 11 is 0. The molecule has 0 fully saturated rings. The van der Waals surface area contributed by atoms with Gasteiger partial charge in [0.15, 0.2) is 0 Å². The van der Waals surface area contributed by atoms with Crippen LogP contribution in [0.4, 0.5) is 5.69 Å². The summed E-state index contributed by atoms with van der Waals surface area (Å²) in [6, 6.07) is 6.34. The predicted molar refractivity (Wildman–Crippen MR) is 59.0 cm³/mol. The van der Waals surface area contributed by atoms with Crippen molar-refractivity contribution in [2.24, 2.45) is 0 Å². The van der Waals surface area contributed by atoms with Crippen LogP contribution in [0.15, 0.2) is 18.2 Å². The summed E-state index contributed by atoms with van der Waals surface area (Å²) in [5.41, 5.74) is 3.80. The Labute approximate surface area is 89.4 Å². The largest absolute Gasteiger partial charge is 0.469 e. The molecule has 0 unspecified atom stereocenters. The first-order chi connectivity index (χ1) is 7.29. The molecule has 3 heteroatoms. The van der Waals surface area contributed by atoms with E-state index in [0.29, 0.717) is 6.42 Å². The Balaban J connectivity index is 2.01. The Morgan fingerprint density at radius 1 is 1.53 bits per heavy atom. The van der Waals surface area contributed by atoms with E-state index in [2.05, 4.69) is 28.3 Å². The van der Waals surface area contributed by atoms with Gasteiger partial charge >= 0.3 is 5.97 Å². The van der Waals surface area contributed by atoms with Gasteiger partial charge in [0.25, 0.3) is 0 Å². The van der Waals surface area contributed by atoms with Crippen molar-refractivity contribution in [1.82, 2.24) is 0 Å². The molecule has 0 radical (unpaired) electrons. The summed E-state index contributed by atoms with van der Waals surface area (Å²) in [5.74, 6) is -0.145. The number of carbonyl (C=O) groups is 1. The van der Waals surface area contributed by atoms with Crippen molar-refractivity contribution in [3.05, 3.63) is 29.3 Å². The Morgan fingerprint density at radius 2 is 2.40 bits per heavy atom. The molecule has 1 aliphatic heterocycles. The molecular formula is C12H15NO2. The zero-order valence-electron chi connectivity index (χ0n) is 8.88. The minimum absolute atomic E-state index is 0.145. The van der Waals surface area contributed by atoms with E-state index in [0.717, 1.165) is 19.4 Å². The molecule has 0 atom stereocenters. The van der Waals surface area contributed by atoms with Crippen LogP contribution in [0, 0.1) is 0 Å². The topological polar surface area (TPSA) is 38.3 Å². The van der Waals surface area contributed by atoms with Crippen LogP contribution in [0.1, 0.15) is 17.5 Å². The standard InChI is InChI=1S/C12H15NO2/c1-15-12(14)5-3-9-2-4-11-10(8-9)6-7-13-11/h2,4,8,13H,3,5-7H2,1H3.